The fraction of sp³-hybridized carbons (Fsp3) is 0.0625. The molecule has 0 atom stereocenters. The van der Waals surface area contributed by atoms with Crippen LogP contribution in [0.2, 0.25) is 5.02 Å². The molecule has 2 nitrogen and oxygen atoms in total. The highest BCUT2D eigenvalue weighted by Crippen LogP contribution is 2.26. The Morgan fingerprint density at radius 3 is 2.58 bits per heavy atom. The Labute approximate surface area is 117 Å². The van der Waals surface area contributed by atoms with Gasteiger partial charge < -0.3 is 4.98 Å². The molecule has 19 heavy (non-hydrogen) atoms. The largest absolute Gasteiger partial charge is 0.338 e. The van der Waals surface area contributed by atoms with Crippen molar-refractivity contribution in [1.82, 2.24) is 9.97 Å². The van der Waals surface area contributed by atoms with Crippen molar-refractivity contribution < 1.29 is 0 Å². The Bertz CT molecular complexity index is 702. The van der Waals surface area contributed by atoms with E-state index in [1.807, 2.05) is 49.5 Å². The smallest absolute Gasteiger partial charge is 0.138 e. The number of aromatic amines is 1. The minimum atomic E-state index is 0.746. The van der Waals surface area contributed by atoms with Crippen molar-refractivity contribution in [2.24, 2.45) is 0 Å². The molecule has 0 unspecified atom stereocenters. The highest BCUT2D eigenvalue weighted by Gasteiger charge is 2.07. The minimum Gasteiger partial charge on any atom is -0.338 e. The first-order valence-corrected chi connectivity index (χ1v) is 6.49. The van der Waals surface area contributed by atoms with E-state index in [-0.39, 0.29) is 0 Å². The molecule has 3 rings (SSSR count). The summed E-state index contributed by atoms with van der Waals surface area (Å²) in [5.41, 5.74) is 4.34. The second kappa shape index (κ2) is 4.90. The van der Waals surface area contributed by atoms with E-state index in [0.29, 0.717) is 0 Å². The summed E-state index contributed by atoms with van der Waals surface area (Å²) < 4.78 is 0. The lowest BCUT2D eigenvalue weighted by molar-refractivity contribution is 1.29. The molecule has 0 aliphatic carbocycles. The normalized spacial score (nSPS) is 10.6. The molecule has 0 saturated carbocycles. The molecule has 0 saturated heterocycles. The molecule has 2 aromatic carbocycles. The van der Waals surface area contributed by atoms with E-state index >= 15 is 0 Å². The monoisotopic (exact) mass is 268 g/mol. The maximum absolute atomic E-state index is 5.97. The van der Waals surface area contributed by atoms with Gasteiger partial charge in [-0.05, 0) is 36.2 Å². The van der Waals surface area contributed by atoms with Crippen molar-refractivity contribution in [3.05, 3.63) is 65.3 Å². The van der Waals surface area contributed by atoms with Gasteiger partial charge in [-0.25, -0.2) is 4.98 Å². The van der Waals surface area contributed by atoms with Crippen LogP contribution in [0.4, 0.5) is 0 Å². The number of imidazole rings is 1. The molecule has 0 fully saturated rings. The SMILES string of the molecule is Cc1cc(Cl)ccc1-c1ncc(-c2ccccc2)[nH]1. The van der Waals surface area contributed by atoms with Gasteiger partial charge in [0, 0.05) is 10.6 Å². The number of nitrogens with zero attached hydrogens (tertiary/aromatic N) is 1. The average Bonchev–Trinajstić information content (AvgIpc) is 2.89. The Morgan fingerprint density at radius 1 is 1.05 bits per heavy atom. The molecule has 0 amide bonds. The van der Waals surface area contributed by atoms with Gasteiger partial charge in [0.15, 0.2) is 0 Å². The summed E-state index contributed by atoms with van der Waals surface area (Å²) in [4.78, 5) is 7.81. The van der Waals surface area contributed by atoms with Crippen molar-refractivity contribution in [1.29, 1.82) is 0 Å². The Kier molecular flexibility index (Phi) is 3.10. The van der Waals surface area contributed by atoms with E-state index < -0.39 is 0 Å². The van der Waals surface area contributed by atoms with Gasteiger partial charge in [-0.2, -0.15) is 0 Å². The van der Waals surface area contributed by atoms with Crippen LogP contribution in [0.3, 0.4) is 0 Å². The lowest BCUT2D eigenvalue weighted by Gasteiger charge is -2.03. The lowest BCUT2D eigenvalue weighted by atomic mass is 10.1. The number of rotatable bonds is 2. The number of hydrogen-bond acceptors (Lipinski definition) is 1. The van der Waals surface area contributed by atoms with Gasteiger partial charge in [-0.1, -0.05) is 41.9 Å². The van der Waals surface area contributed by atoms with Crippen LogP contribution in [-0.2, 0) is 0 Å². The van der Waals surface area contributed by atoms with Crippen LogP contribution in [0.1, 0.15) is 5.56 Å². The molecular weight excluding hydrogens is 256 g/mol. The number of aryl methyl sites for hydroxylation is 1. The molecule has 94 valence electrons. The Morgan fingerprint density at radius 2 is 1.84 bits per heavy atom. The van der Waals surface area contributed by atoms with Crippen molar-refractivity contribution in [3.8, 4) is 22.6 Å². The van der Waals surface area contributed by atoms with Gasteiger partial charge in [0.25, 0.3) is 0 Å². The molecule has 3 aromatic rings. The maximum atomic E-state index is 5.97. The summed E-state index contributed by atoms with van der Waals surface area (Å²) in [6.07, 6.45) is 1.86. The van der Waals surface area contributed by atoms with Crippen molar-refractivity contribution in [2.45, 2.75) is 6.92 Å². The average molecular weight is 269 g/mol. The Hall–Kier alpha value is -2.06. The molecule has 1 aromatic heterocycles. The number of halogens is 1. The Balaban J connectivity index is 2.02. The van der Waals surface area contributed by atoms with Gasteiger partial charge in [0.2, 0.25) is 0 Å². The standard InChI is InChI=1S/C16H13ClN2/c1-11-9-13(17)7-8-14(11)16-18-10-15(19-16)12-5-3-2-4-6-12/h2-10H,1H3,(H,18,19). The molecule has 0 aliphatic heterocycles. The van der Waals surface area contributed by atoms with Crippen molar-refractivity contribution >= 4 is 11.6 Å². The first-order chi connectivity index (χ1) is 9.24. The number of benzene rings is 2. The first kappa shape index (κ1) is 12.0. The van der Waals surface area contributed by atoms with Crippen molar-refractivity contribution in [3.63, 3.8) is 0 Å². The zero-order chi connectivity index (χ0) is 13.2. The van der Waals surface area contributed by atoms with Crippen LogP contribution in [0.5, 0.6) is 0 Å². The third-order valence-corrected chi connectivity index (χ3v) is 3.34. The fourth-order valence-electron chi connectivity index (χ4n) is 2.12. The predicted octanol–water partition coefficient (Wildman–Crippen LogP) is 4.71. The zero-order valence-corrected chi connectivity index (χ0v) is 11.3. The number of hydrogen-bond donors (Lipinski definition) is 1. The summed E-state index contributed by atoms with van der Waals surface area (Å²) in [6, 6.07) is 16.0. The number of aromatic nitrogens is 2. The van der Waals surface area contributed by atoms with Crippen LogP contribution < -0.4 is 0 Å². The van der Waals surface area contributed by atoms with Crippen LogP contribution >= 0.6 is 11.6 Å². The maximum Gasteiger partial charge on any atom is 0.138 e. The summed E-state index contributed by atoms with van der Waals surface area (Å²) in [5, 5.41) is 0.746. The summed E-state index contributed by atoms with van der Waals surface area (Å²) >= 11 is 5.97. The molecule has 1 N–H and O–H groups in total. The van der Waals surface area contributed by atoms with E-state index in [1.54, 1.807) is 0 Å². The highest BCUT2D eigenvalue weighted by molar-refractivity contribution is 6.30. The third kappa shape index (κ3) is 2.40. The molecule has 0 spiro atoms. The quantitative estimate of drug-likeness (QED) is 0.717. The van der Waals surface area contributed by atoms with E-state index in [4.69, 9.17) is 11.6 Å². The van der Waals surface area contributed by atoms with E-state index in [9.17, 15) is 0 Å². The van der Waals surface area contributed by atoms with Gasteiger partial charge >= 0.3 is 0 Å². The lowest BCUT2D eigenvalue weighted by Crippen LogP contribution is -1.85. The van der Waals surface area contributed by atoms with Crippen LogP contribution in [0.15, 0.2) is 54.7 Å². The minimum absolute atomic E-state index is 0.746. The van der Waals surface area contributed by atoms with E-state index in [1.165, 1.54) is 0 Å². The molecule has 0 bridgehead atoms. The van der Waals surface area contributed by atoms with Gasteiger partial charge in [0.05, 0.1) is 11.9 Å². The predicted molar refractivity (Wildman–Crippen MR) is 79.2 cm³/mol. The molecule has 0 aliphatic rings. The van der Waals surface area contributed by atoms with Crippen LogP contribution in [-0.4, -0.2) is 9.97 Å². The van der Waals surface area contributed by atoms with Crippen LogP contribution in [0, 0.1) is 6.92 Å². The number of nitrogens with one attached hydrogen (secondary N) is 1. The molecule has 0 radical (unpaired) electrons. The van der Waals surface area contributed by atoms with E-state index in [2.05, 4.69) is 22.1 Å². The van der Waals surface area contributed by atoms with E-state index in [0.717, 1.165) is 33.2 Å². The second-order valence-electron chi connectivity index (χ2n) is 4.47. The summed E-state index contributed by atoms with van der Waals surface area (Å²) in [5.74, 6) is 0.869. The summed E-state index contributed by atoms with van der Waals surface area (Å²) in [6.45, 7) is 2.03. The van der Waals surface area contributed by atoms with Crippen LogP contribution in [0.25, 0.3) is 22.6 Å². The molecule has 3 heteroatoms. The van der Waals surface area contributed by atoms with Gasteiger partial charge in [-0.3, -0.25) is 0 Å². The third-order valence-electron chi connectivity index (χ3n) is 3.10. The zero-order valence-electron chi connectivity index (χ0n) is 10.5. The summed E-state index contributed by atoms with van der Waals surface area (Å²) in [7, 11) is 0. The fourth-order valence-corrected chi connectivity index (χ4v) is 2.34. The second-order valence-corrected chi connectivity index (χ2v) is 4.91. The van der Waals surface area contributed by atoms with Crippen molar-refractivity contribution in [2.75, 3.05) is 0 Å². The van der Waals surface area contributed by atoms with Gasteiger partial charge in [-0.15, -0.1) is 0 Å². The van der Waals surface area contributed by atoms with Gasteiger partial charge in [0.1, 0.15) is 5.82 Å². The molecular formula is C16H13ClN2. The first-order valence-electron chi connectivity index (χ1n) is 6.11. The molecule has 1 heterocycles. The highest BCUT2D eigenvalue weighted by atomic mass is 35.5. The topological polar surface area (TPSA) is 28.7 Å². The number of H-pyrrole nitrogens is 1.